The molecular formula is C23H26BrClN4O4. The number of nitrogens with zero attached hydrogens (tertiary/aromatic N) is 1. The summed E-state index contributed by atoms with van der Waals surface area (Å²) < 4.78 is 6.57. The lowest BCUT2D eigenvalue weighted by Crippen LogP contribution is -2.39. The van der Waals surface area contributed by atoms with Crippen LogP contribution in [0.1, 0.15) is 30.5 Å². The summed E-state index contributed by atoms with van der Waals surface area (Å²) in [5, 5.41) is 9.55. The summed E-state index contributed by atoms with van der Waals surface area (Å²) in [4.78, 5) is 36.0. The molecule has 0 aliphatic carbocycles. The molecule has 176 valence electrons. The summed E-state index contributed by atoms with van der Waals surface area (Å²) in [5.74, 6) is -1.46. The van der Waals surface area contributed by atoms with Crippen molar-refractivity contribution in [2.75, 3.05) is 18.5 Å². The number of ether oxygens (including phenoxy) is 1. The van der Waals surface area contributed by atoms with Crippen LogP contribution < -0.4 is 20.8 Å². The molecule has 2 aromatic rings. The third-order valence-corrected chi connectivity index (χ3v) is 5.03. The van der Waals surface area contributed by atoms with E-state index in [0.29, 0.717) is 22.9 Å². The average molecular weight is 538 g/mol. The third-order valence-electron chi connectivity index (χ3n) is 4.34. The van der Waals surface area contributed by atoms with Crippen molar-refractivity contribution in [1.29, 1.82) is 0 Å². The smallest absolute Gasteiger partial charge is 0.329 e. The second kappa shape index (κ2) is 12.4. The first-order valence-corrected chi connectivity index (χ1v) is 11.3. The van der Waals surface area contributed by atoms with Crippen LogP contribution >= 0.6 is 27.5 Å². The maximum Gasteiger partial charge on any atom is 0.329 e. The van der Waals surface area contributed by atoms with Crippen LogP contribution in [0.25, 0.3) is 0 Å². The van der Waals surface area contributed by atoms with Gasteiger partial charge in [0.15, 0.2) is 6.61 Å². The Labute approximate surface area is 206 Å². The van der Waals surface area contributed by atoms with Crippen molar-refractivity contribution in [3.63, 3.8) is 0 Å². The molecule has 0 bridgehead atoms. The lowest BCUT2D eigenvalue weighted by Gasteiger charge is -2.13. The SMILES string of the molecule is Cc1cc(Br)cc(C)c1NC(=O)COc1ccc(Cl)cc1/C=N\NC(=O)C(=O)NCC(C)C. The molecular weight excluding hydrogens is 512 g/mol. The lowest BCUT2D eigenvalue weighted by atomic mass is 10.1. The normalized spacial score (nSPS) is 10.9. The van der Waals surface area contributed by atoms with Crippen molar-refractivity contribution in [3.05, 3.63) is 56.5 Å². The van der Waals surface area contributed by atoms with Crippen LogP contribution in [-0.2, 0) is 14.4 Å². The zero-order valence-electron chi connectivity index (χ0n) is 18.8. The molecule has 0 heterocycles. The number of hydrogen-bond donors (Lipinski definition) is 3. The van der Waals surface area contributed by atoms with Gasteiger partial charge in [0.05, 0.1) is 6.21 Å². The molecule has 33 heavy (non-hydrogen) atoms. The number of amides is 3. The van der Waals surface area contributed by atoms with E-state index in [2.05, 4.69) is 37.1 Å². The fraction of sp³-hybridized carbons (Fsp3) is 0.304. The van der Waals surface area contributed by atoms with E-state index in [1.165, 1.54) is 6.21 Å². The maximum absolute atomic E-state index is 12.4. The first-order chi connectivity index (χ1) is 15.6. The van der Waals surface area contributed by atoms with Crippen LogP contribution in [0.15, 0.2) is 39.9 Å². The topological polar surface area (TPSA) is 109 Å². The van der Waals surface area contributed by atoms with E-state index in [-0.39, 0.29) is 18.4 Å². The third kappa shape index (κ3) is 8.51. The Morgan fingerprint density at radius 1 is 1.12 bits per heavy atom. The number of halogens is 2. The largest absolute Gasteiger partial charge is 0.483 e. The molecule has 0 aliphatic heterocycles. The molecule has 0 radical (unpaired) electrons. The zero-order chi connectivity index (χ0) is 24.5. The van der Waals surface area contributed by atoms with Gasteiger partial charge in [0, 0.05) is 27.3 Å². The molecule has 3 N–H and O–H groups in total. The van der Waals surface area contributed by atoms with E-state index < -0.39 is 11.8 Å². The van der Waals surface area contributed by atoms with Crippen molar-refractivity contribution in [2.45, 2.75) is 27.7 Å². The van der Waals surface area contributed by atoms with Gasteiger partial charge in [-0.1, -0.05) is 41.4 Å². The van der Waals surface area contributed by atoms with Crippen LogP contribution in [0, 0.1) is 19.8 Å². The minimum absolute atomic E-state index is 0.213. The molecule has 0 atom stereocenters. The molecule has 0 unspecified atom stereocenters. The average Bonchev–Trinajstić information content (AvgIpc) is 2.73. The van der Waals surface area contributed by atoms with Crippen LogP contribution in [0.5, 0.6) is 5.75 Å². The highest BCUT2D eigenvalue weighted by Gasteiger charge is 2.13. The molecule has 0 spiro atoms. The molecule has 8 nitrogen and oxygen atoms in total. The van der Waals surface area contributed by atoms with Crippen LogP contribution in [0.3, 0.4) is 0 Å². The first-order valence-electron chi connectivity index (χ1n) is 10.2. The summed E-state index contributed by atoms with van der Waals surface area (Å²) in [5.41, 5.74) is 5.14. The molecule has 0 saturated carbocycles. The molecule has 0 aliphatic rings. The zero-order valence-corrected chi connectivity index (χ0v) is 21.1. The highest BCUT2D eigenvalue weighted by molar-refractivity contribution is 9.10. The van der Waals surface area contributed by atoms with Gasteiger partial charge in [-0.3, -0.25) is 14.4 Å². The van der Waals surface area contributed by atoms with E-state index in [4.69, 9.17) is 16.3 Å². The fourth-order valence-corrected chi connectivity index (χ4v) is 3.63. The van der Waals surface area contributed by atoms with Gasteiger partial charge in [-0.05, 0) is 61.2 Å². The Morgan fingerprint density at radius 2 is 1.79 bits per heavy atom. The quantitative estimate of drug-likeness (QED) is 0.269. The lowest BCUT2D eigenvalue weighted by molar-refractivity contribution is -0.139. The summed E-state index contributed by atoms with van der Waals surface area (Å²) in [6.07, 6.45) is 1.29. The number of aryl methyl sites for hydroxylation is 2. The second-order valence-electron chi connectivity index (χ2n) is 7.74. The monoisotopic (exact) mass is 536 g/mol. The van der Waals surface area contributed by atoms with E-state index in [0.717, 1.165) is 21.3 Å². The molecule has 0 aromatic heterocycles. The minimum Gasteiger partial charge on any atom is -0.483 e. The number of hydrogen-bond acceptors (Lipinski definition) is 5. The molecule has 10 heteroatoms. The van der Waals surface area contributed by atoms with Gasteiger partial charge in [0.25, 0.3) is 5.91 Å². The Bertz CT molecular complexity index is 1050. The van der Waals surface area contributed by atoms with Crippen molar-refractivity contribution < 1.29 is 19.1 Å². The molecule has 2 rings (SSSR count). The maximum atomic E-state index is 12.4. The van der Waals surface area contributed by atoms with Crippen molar-refractivity contribution in [2.24, 2.45) is 11.0 Å². The summed E-state index contributed by atoms with van der Waals surface area (Å²) >= 11 is 9.48. The van der Waals surface area contributed by atoms with Crippen molar-refractivity contribution in [1.82, 2.24) is 10.7 Å². The predicted octanol–water partition coefficient (Wildman–Crippen LogP) is 3.96. The van der Waals surface area contributed by atoms with Gasteiger partial charge in [-0.15, -0.1) is 0 Å². The minimum atomic E-state index is -0.893. The van der Waals surface area contributed by atoms with Gasteiger partial charge in [0.2, 0.25) is 0 Å². The Balaban J connectivity index is 2.00. The number of carbonyl (C=O) groups excluding carboxylic acids is 3. The van der Waals surface area contributed by atoms with Gasteiger partial charge in [-0.25, -0.2) is 5.43 Å². The van der Waals surface area contributed by atoms with Crippen molar-refractivity contribution in [3.8, 4) is 5.75 Å². The summed E-state index contributed by atoms with van der Waals surface area (Å²) in [6, 6.07) is 8.58. The Morgan fingerprint density at radius 3 is 2.42 bits per heavy atom. The summed E-state index contributed by atoms with van der Waals surface area (Å²) in [7, 11) is 0. The van der Waals surface area contributed by atoms with Gasteiger partial charge >= 0.3 is 11.8 Å². The highest BCUT2D eigenvalue weighted by Crippen LogP contribution is 2.25. The first kappa shape index (κ1) is 26.3. The standard InChI is InChI=1S/C23H26BrClN4O4/c1-13(2)10-26-22(31)23(32)29-27-11-16-9-18(25)5-6-19(16)33-12-20(30)28-21-14(3)7-17(24)8-15(21)4/h5-9,11,13H,10,12H2,1-4H3,(H,26,31)(H,28,30)(H,29,32)/b27-11-. The molecule has 3 amide bonds. The number of nitrogens with one attached hydrogen (secondary N) is 3. The van der Waals surface area contributed by atoms with E-state index in [1.807, 2.05) is 39.8 Å². The fourth-order valence-electron chi connectivity index (χ4n) is 2.77. The van der Waals surface area contributed by atoms with Crippen molar-refractivity contribution >= 4 is 57.2 Å². The summed E-state index contributed by atoms with van der Waals surface area (Å²) in [6.45, 7) is 7.76. The number of hydrazone groups is 1. The Hall–Kier alpha value is -2.91. The van der Waals surface area contributed by atoms with E-state index in [9.17, 15) is 14.4 Å². The van der Waals surface area contributed by atoms with E-state index in [1.54, 1.807) is 18.2 Å². The van der Waals surface area contributed by atoms with E-state index >= 15 is 0 Å². The van der Waals surface area contributed by atoms with Gasteiger partial charge in [0.1, 0.15) is 5.75 Å². The number of anilines is 1. The molecule has 2 aromatic carbocycles. The highest BCUT2D eigenvalue weighted by atomic mass is 79.9. The van der Waals surface area contributed by atoms with Crippen LogP contribution in [0.4, 0.5) is 5.69 Å². The van der Waals surface area contributed by atoms with Gasteiger partial charge in [-0.2, -0.15) is 5.10 Å². The van der Waals surface area contributed by atoms with Crippen LogP contribution in [0.2, 0.25) is 5.02 Å². The molecule has 0 saturated heterocycles. The number of rotatable bonds is 8. The Kier molecular flexibility index (Phi) is 9.87. The molecule has 0 fully saturated rings. The number of carbonyl (C=O) groups is 3. The van der Waals surface area contributed by atoms with Crippen LogP contribution in [-0.4, -0.2) is 37.1 Å². The predicted molar refractivity (Wildman–Crippen MR) is 133 cm³/mol. The van der Waals surface area contributed by atoms with Gasteiger partial charge < -0.3 is 15.4 Å². The second-order valence-corrected chi connectivity index (χ2v) is 9.09. The number of benzene rings is 2.